The molecule has 1 unspecified atom stereocenters. The number of rotatable bonds is 4. The Labute approximate surface area is 109 Å². The van der Waals surface area contributed by atoms with E-state index >= 15 is 0 Å². The Kier molecular flexibility index (Phi) is 4.04. The monoisotopic (exact) mass is 247 g/mol. The standard InChI is InChI=1S/C15H21NO2/c1-11(2)18-13-4-5-14-12(10-13)6-8-16(3)15(14)7-9-17/h4-5,10,15,17H,1,6-9H2,2-3H3. The maximum atomic E-state index is 9.17. The number of benzene rings is 1. The summed E-state index contributed by atoms with van der Waals surface area (Å²) in [5, 5.41) is 9.17. The number of allylic oxidation sites excluding steroid dienone is 1. The normalized spacial score (nSPS) is 19.4. The molecule has 3 heteroatoms. The summed E-state index contributed by atoms with van der Waals surface area (Å²) >= 11 is 0. The van der Waals surface area contributed by atoms with Crippen LogP contribution in [-0.4, -0.2) is 30.2 Å². The van der Waals surface area contributed by atoms with E-state index in [2.05, 4.69) is 30.7 Å². The van der Waals surface area contributed by atoms with Crippen LogP contribution in [-0.2, 0) is 6.42 Å². The molecule has 1 aromatic rings. The highest BCUT2D eigenvalue weighted by molar-refractivity contribution is 5.39. The first-order chi connectivity index (χ1) is 8.61. The van der Waals surface area contributed by atoms with Crippen LogP contribution in [0.1, 0.15) is 30.5 Å². The van der Waals surface area contributed by atoms with Gasteiger partial charge in [-0.3, -0.25) is 4.90 Å². The molecule has 0 aliphatic carbocycles. The Morgan fingerprint density at radius 2 is 2.33 bits per heavy atom. The van der Waals surface area contributed by atoms with Crippen LogP contribution in [0.2, 0.25) is 0 Å². The van der Waals surface area contributed by atoms with Gasteiger partial charge in [-0.25, -0.2) is 0 Å². The summed E-state index contributed by atoms with van der Waals surface area (Å²) in [6, 6.07) is 6.51. The van der Waals surface area contributed by atoms with Crippen molar-refractivity contribution in [2.24, 2.45) is 0 Å². The minimum Gasteiger partial charge on any atom is -0.463 e. The molecule has 1 aliphatic heterocycles. The number of nitrogens with zero attached hydrogens (tertiary/aromatic N) is 1. The molecule has 0 bridgehead atoms. The van der Waals surface area contributed by atoms with Crippen LogP contribution in [0.4, 0.5) is 0 Å². The summed E-state index contributed by atoms with van der Waals surface area (Å²) in [4.78, 5) is 2.30. The fraction of sp³-hybridized carbons (Fsp3) is 0.467. The van der Waals surface area contributed by atoms with Crippen molar-refractivity contribution in [3.05, 3.63) is 41.7 Å². The highest BCUT2D eigenvalue weighted by atomic mass is 16.5. The molecule has 18 heavy (non-hydrogen) atoms. The molecule has 0 amide bonds. The Bertz CT molecular complexity index is 442. The zero-order chi connectivity index (χ0) is 13.1. The molecule has 0 saturated heterocycles. The highest BCUT2D eigenvalue weighted by Gasteiger charge is 2.24. The summed E-state index contributed by atoms with van der Waals surface area (Å²) in [6.07, 6.45) is 1.81. The van der Waals surface area contributed by atoms with E-state index in [1.165, 1.54) is 11.1 Å². The smallest absolute Gasteiger partial charge is 0.127 e. The Hall–Kier alpha value is -1.32. The lowest BCUT2D eigenvalue weighted by atomic mass is 9.91. The van der Waals surface area contributed by atoms with Gasteiger partial charge < -0.3 is 9.84 Å². The van der Waals surface area contributed by atoms with Gasteiger partial charge in [0.2, 0.25) is 0 Å². The number of hydrogen-bond donors (Lipinski definition) is 1. The predicted octanol–water partition coefficient (Wildman–Crippen LogP) is 2.51. The van der Waals surface area contributed by atoms with Gasteiger partial charge in [0.15, 0.2) is 0 Å². The lowest BCUT2D eigenvalue weighted by Crippen LogP contribution is -2.32. The number of fused-ring (bicyclic) bond motifs is 1. The second kappa shape index (κ2) is 5.55. The van der Waals surface area contributed by atoms with E-state index in [1.807, 2.05) is 13.0 Å². The zero-order valence-electron chi connectivity index (χ0n) is 11.1. The molecule has 3 nitrogen and oxygen atoms in total. The van der Waals surface area contributed by atoms with Gasteiger partial charge in [-0.15, -0.1) is 0 Å². The predicted molar refractivity (Wildman–Crippen MR) is 72.7 cm³/mol. The molecular formula is C15H21NO2. The molecule has 1 heterocycles. The Morgan fingerprint density at radius 1 is 1.56 bits per heavy atom. The van der Waals surface area contributed by atoms with Crippen LogP contribution in [0, 0.1) is 0 Å². The van der Waals surface area contributed by atoms with Crippen LogP contribution in [0.3, 0.4) is 0 Å². The average Bonchev–Trinajstić information content (AvgIpc) is 2.32. The van der Waals surface area contributed by atoms with E-state index in [0.717, 1.165) is 25.1 Å². The molecule has 1 aliphatic rings. The molecular weight excluding hydrogens is 226 g/mol. The number of aliphatic hydroxyl groups is 1. The first-order valence-corrected chi connectivity index (χ1v) is 6.39. The van der Waals surface area contributed by atoms with Crippen molar-refractivity contribution in [3.8, 4) is 5.75 Å². The number of likely N-dealkylation sites (N-methyl/N-ethyl adjacent to an activating group) is 1. The Morgan fingerprint density at radius 3 is 3.00 bits per heavy atom. The van der Waals surface area contributed by atoms with Gasteiger partial charge >= 0.3 is 0 Å². The number of ether oxygens (including phenoxy) is 1. The van der Waals surface area contributed by atoms with Gasteiger partial charge in [-0.1, -0.05) is 12.6 Å². The second-order valence-electron chi connectivity index (χ2n) is 4.92. The molecule has 1 atom stereocenters. The van der Waals surface area contributed by atoms with E-state index in [9.17, 15) is 5.11 Å². The summed E-state index contributed by atoms with van der Waals surface area (Å²) < 4.78 is 5.54. The van der Waals surface area contributed by atoms with Crippen molar-refractivity contribution in [1.29, 1.82) is 0 Å². The molecule has 98 valence electrons. The number of hydrogen-bond acceptors (Lipinski definition) is 3. The molecule has 1 N–H and O–H groups in total. The molecule has 0 saturated carbocycles. The van der Waals surface area contributed by atoms with Crippen molar-refractivity contribution >= 4 is 0 Å². The fourth-order valence-corrected chi connectivity index (χ4v) is 2.58. The molecule has 0 spiro atoms. The van der Waals surface area contributed by atoms with E-state index in [1.54, 1.807) is 0 Å². The maximum absolute atomic E-state index is 9.17. The van der Waals surface area contributed by atoms with Gasteiger partial charge in [0.05, 0.1) is 5.76 Å². The SMILES string of the molecule is C=C(C)Oc1ccc2c(c1)CCN(C)C2CCO. The highest BCUT2D eigenvalue weighted by Crippen LogP contribution is 2.33. The molecule has 1 aromatic carbocycles. The van der Waals surface area contributed by atoms with Crippen molar-refractivity contribution in [2.75, 3.05) is 20.2 Å². The van der Waals surface area contributed by atoms with Crippen molar-refractivity contribution in [2.45, 2.75) is 25.8 Å². The molecule has 2 rings (SSSR count). The zero-order valence-corrected chi connectivity index (χ0v) is 11.1. The third-order valence-electron chi connectivity index (χ3n) is 3.43. The molecule has 0 fully saturated rings. The maximum Gasteiger partial charge on any atom is 0.127 e. The second-order valence-corrected chi connectivity index (χ2v) is 4.92. The van der Waals surface area contributed by atoms with Crippen LogP contribution >= 0.6 is 0 Å². The topological polar surface area (TPSA) is 32.7 Å². The number of aliphatic hydroxyl groups excluding tert-OH is 1. The lowest BCUT2D eigenvalue weighted by Gasteiger charge is -2.34. The third-order valence-corrected chi connectivity index (χ3v) is 3.43. The van der Waals surface area contributed by atoms with E-state index < -0.39 is 0 Å². The average molecular weight is 247 g/mol. The summed E-state index contributed by atoms with van der Waals surface area (Å²) in [6.45, 7) is 6.85. The van der Waals surface area contributed by atoms with Gasteiger partial charge in [0.25, 0.3) is 0 Å². The minimum atomic E-state index is 0.221. The van der Waals surface area contributed by atoms with Gasteiger partial charge in [-0.05, 0) is 50.1 Å². The van der Waals surface area contributed by atoms with E-state index in [4.69, 9.17) is 4.74 Å². The Balaban J connectivity index is 2.27. The van der Waals surface area contributed by atoms with E-state index in [-0.39, 0.29) is 6.61 Å². The van der Waals surface area contributed by atoms with Crippen LogP contribution in [0.15, 0.2) is 30.5 Å². The third kappa shape index (κ3) is 2.74. The minimum absolute atomic E-state index is 0.221. The quantitative estimate of drug-likeness (QED) is 0.830. The first-order valence-electron chi connectivity index (χ1n) is 6.39. The first kappa shape index (κ1) is 13.1. The molecule has 0 aromatic heterocycles. The summed E-state index contributed by atoms with van der Waals surface area (Å²) in [7, 11) is 2.11. The fourth-order valence-electron chi connectivity index (χ4n) is 2.58. The van der Waals surface area contributed by atoms with Crippen LogP contribution < -0.4 is 4.74 Å². The molecule has 0 radical (unpaired) electrons. The van der Waals surface area contributed by atoms with E-state index in [0.29, 0.717) is 11.8 Å². The van der Waals surface area contributed by atoms with Crippen LogP contribution in [0.5, 0.6) is 5.75 Å². The van der Waals surface area contributed by atoms with Gasteiger partial charge in [0, 0.05) is 19.2 Å². The van der Waals surface area contributed by atoms with Gasteiger partial charge in [-0.2, -0.15) is 0 Å². The summed E-state index contributed by atoms with van der Waals surface area (Å²) in [5.41, 5.74) is 2.64. The van der Waals surface area contributed by atoms with Crippen molar-refractivity contribution in [3.63, 3.8) is 0 Å². The lowest BCUT2D eigenvalue weighted by molar-refractivity contribution is 0.177. The summed E-state index contributed by atoms with van der Waals surface area (Å²) in [5.74, 6) is 1.56. The van der Waals surface area contributed by atoms with Crippen molar-refractivity contribution < 1.29 is 9.84 Å². The van der Waals surface area contributed by atoms with Gasteiger partial charge in [0.1, 0.15) is 5.75 Å². The largest absolute Gasteiger partial charge is 0.463 e. The van der Waals surface area contributed by atoms with Crippen molar-refractivity contribution in [1.82, 2.24) is 4.90 Å². The van der Waals surface area contributed by atoms with Crippen LogP contribution in [0.25, 0.3) is 0 Å².